The van der Waals surface area contributed by atoms with E-state index in [-0.39, 0.29) is 17.4 Å². The summed E-state index contributed by atoms with van der Waals surface area (Å²) in [6, 6.07) is 15.6. The van der Waals surface area contributed by atoms with Crippen molar-refractivity contribution < 1.29 is 13.2 Å². The third kappa shape index (κ3) is 2.78. The van der Waals surface area contributed by atoms with E-state index in [2.05, 4.69) is 0 Å². The summed E-state index contributed by atoms with van der Waals surface area (Å²) in [5.74, 6) is -0.288. The quantitative estimate of drug-likeness (QED) is 0.899. The van der Waals surface area contributed by atoms with Crippen molar-refractivity contribution in [3.05, 3.63) is 65.2 Å². The predicted octanol–water partition coefficient (Wildman–Crippen LogP) is 2.62. The molecule has 0 saturated heterocycles. The summed E-state index contributed by atoms with van der Waals surface area (Å²) in [7, 11) is -2.04. The highest BCUT2D eigenvalue weighted by Crippen LogP contribution is 2.55. The normalized spacial score (nSPS) is 26.9. The van der Waals surface area contributed by atoms with Gasteiger partial charge < -0.3 is 10.5 Å². The van der Waals surface area contributed by atoms with E-state index < -0.39 is 20.6 Å². The van der Waals surface area contributed by atoms with Gasteiger partial charge in [0.1, 0.15) is 0 Å². The highest BCUT2D eigenvalue weighted by atomic mass is 35.5. The van der Waals surface area contributed by atoms with Crippen LogP contribution in [0.3, 0.4) is 0 Å². The number of ether oxygens (including phenoxy) is 1. The van der Waals surface area contributed by atoms with E-state index in [4.69, 9.17) is 22.1 Å². The molecule has 0 heterocycles. The van der Waals surface area contributed by atoms with Crippen LogP contribution in [0.5, 0.6) is 0 Å². The second-order valence-electron chi connectivity index (χ2n) is 5.85. The number of halogens is 1. The molecule has 0 radical (unpaired) electrons. The molecule has 1 fully saturated rings. The van der Waals surface area contributed by atoms with Crippen molar-refractivity contribution >= 4 is 21.4 Å². The van der Waals surface area contributed by atoms with E-state index in [1.807, 2.05) is 30.3 Å². The van der Waals surface area contributed by atoms with Gasteiger partial charge in [0.25, 0.3) is 0 Å². The molecule has 3 atom stereocenters. The highest BCUT2D eigenvalue weighted by molar-refractivity contribution is 7.92. The lowest BCUT2D eigenvalue weighted by Gasteiger charge is -2.11. The van der Waals surface area contributed by atoms with E-state index in [1.54, 1.807) is 12.1 Å². The fourth-order valence-corrected chi connectivity index (χ4v) is 5.65. The average Bonchev–Trinajstić information content (AvgIpc) is 3.15. The van der Waals surface area contributed by atoms with Gasteiger partial charge in [-0.25, -0.2) is 8.42 Å². The van der Waals surface area contributed by atoms with Crippen LogP contribution < -0.4 is 5.73 Å². The predicted molar refractivity (Wildman–Crippen MR) is 90.4 cm³/mol. The Morgan fingerprint density at radius 3 is 2.30 bits per heavy atom. The Labute approximate surface area is 141 Å². The van der Waals surface area contributed by atoms with E-state index in [9.17, 15) is 8.42 Å². The SMILES string of the molecule is COC[C@@]1(N)[C@H](c2ccccc2)[C@@H]1S(=O)(=O)c1ccc(Cl)cc1. The number of rotatable bonds is 5. The average molecular weight is 352 g/mol. The minimum Gasteiger partial charge on any atom is -0.383 e. The molecular weight excluding hydrogens is 334 g/mol. The Kier molecular flexibility index (Phi) is 4.23. The molecule has 3 rings (SSSR count). The fraction of sp³-hybridized carbons (Fsp3) is 0.294. The van der Waals surface area contributed by atoms with Gasteiger partial charge in [0.15, 0.2) is 9.84 Å². The number of nitrogens with two attached hydrogens (primary N) is 1. The van der Waals surface area contributed by atoms with Crippen molar-refractivity contribution in [1.82, 2.24) is 0 Å². The first-order valence-electron chi connectivity index (χ1n) is 7.23. The number of hydrogen-bond donors (Lipinski definition) is 1. The Bertz CT molecular complexity index is 792. The maximum absolute atomic E-state index is 13.0. The molecule has 0 unspecified atom stereocenters. The fourth-order valence-electron chi connectivity index (χ4n) is 3.23. The van der Waals surface area contributed by atoms with Crippen molar-refractivity contribution in [3.63, 3.8) is 0 Å². The summed E-state index contributed by atoms with van der Waals surface area (Å²) < 4.78 is 31.2. The van der Waals surface area contributed by atoms with Gasteiger partial charge in [0.05, 0.1) is 22.3 Å². The molecule has 1 aliphatic carbocycles. The van der Waals surface area contributed by atoms with E-state index in [1.165, 1.54) is 19.2 Å². The second-order valence-corrected chi connectivity index (χ2v) is 8.36. The second kappa shape index (κ2) is 5.91. The Hall–Kier alpha value is -1.40. The smallest absolute Gasteiger partial charge is 0.183 e. The lowest BCUT2D eigenvalue weighted by Crippen LogP contribution is -2.35. The van der Waals surface area contributed by atoms with Gasteiger partial charge in [0.2, 0.25) is 0 Å². The van der Waals surface area contributed by atoms with Gasteiger partial charge in [-0.05, 0) is 29.8 Å². The molecule has 0 aliphatic heterocycles. The molecule has 0 amide bonds. The molecule has 1 aliphatic rings. The molecule has 1 saturated carbocycles. The Balaban J connectivity index is 2.01. The summed E-state index contributed by atoms with van der Waals surface area (Å²) in [6.07, 6.45) is 0. The van der Waals surface area contributed by atoms with E-state index in [0.717, 1.165) is 5.56 Å². The minimum absolute atomic E-state index is 0.185. The summed E-state index contributed by atoms with van der Waals surface area (Å²) >= 11 is 5.85. The molecule has 2 aromatic carbocycles. The molecule has 0 bridgehead atoms. The zero-order valence-corrected chi connectivity index (χ0v) is 14.2. The van der Waals surface area contributed by atoms with Crippen LogP contribution in [0.2, 0.25) is 5.02 Å². The highest BCUT2D eigenvalue weighted by Gasteiger charge is 2.69. The van der Waals surface area contributed by atoms with Gasteiger partial charge in [-0.3, -0.25) is 0 Å². The number of sulfone groups is 1. The number of hydrogen-bond acceptors (Lipinski definition) is 4. The molecule has 0 aromatic heterocycles. The molecule has 2 N–H and O–H groups in total. The molecule has 4 nitrogen and oxygen atoms in total. The van der Waals surface area contributed by atoms with Crippen LogP contribution in [0.1, 0.15) is 11.5 Å². The number of methoxy groups -OCH3 is 1. The molecule has 2 aromatic rings. The number of benzene rings is 2. The zero-order chi connectivity index (χ0) is 16.7. The van der Waals surface area contributed by atoms with Gasteiger partial charge >= 0.3 is 0 Å². The Morgan fingerprint density at radius 2 is 1.74 bits per heavy atom. The summed E-state index contributed by atoms with van der Waals surface area (Å²) in [5, 5.41) is -0.214. The summed E-state index contributed by atoms with van der Waals surface area (Å²) in [6.45, 7) is 0.185. The van der Waals surface area contributed by atoms with E-state index in [0.29, 0.717) is 5.02 Å². The first-order valence-corrected chi connectivity index (χ1v) is 9.16. The van der Waals surface area contributed by atoms with Crippen LogP contribution in [0.15, 0.2) is 59.5 Å². The third-order valence-corrected chi connectivity index (χ3v) is 6.89. The van der Waals surface area contributed by atoms with Crippen LogP contribution in [-0.2, 0) is 14.6 Å². The molecule has 23 heavy (non-hydrogen) atoms. The summed E-state index contributed by atoms with van der Waals surface area (Å²) in [5.41, 5.74) is 6.39. The first kappa shape index (κ1) is 16.5. The van der Waals surface area contributed by atoms with Crippen LogP contribution in [0.25, 0.3) is 0 Å². The van der Waals surface area contributed by atoms with Crippen molar-refractivity contribution in [1.29, 1.82) is 0 Å². The summed E-state index contributed by atoms with van der Waals surface area (Å²) in [4.78, 5) is 0.233. The lowest BCUT2D eigenvalue weighted by atomic mass is 10.1. The third-order valence-electron chi connectivity index (χ3n) is 4.33. The maximum Gasteiger partial charge on any atom is 0.183 e. The van der Waals surface area contributed by atoms with Crippen molar-refractivity contribution in [3.8, 4) is 0 Å². The van der Waals surface area contributed by atoms with Crippen LogP contribution in [-0.4, -0.2) is 32.9 Å². The topological polar surface area (TPSA) is 69.4 Å². The zero-order valence-electron chi connectivity index (χ0n) is 12.6. The van der Waals surface area contributed by atoms with Crippen LogP contribution >= 0.6 is 11.6 Å². The maximum atomic E-state index is 13.0. The first-order chi connectivity index (χ1) is 10.9. The van der Waals surface area contributed by atoms with Gasteiger partial charge in [-0.15, -0.1) is 0 Å². The van der Waals surface area contributed by atoms with Gasteiger partial charge in [-0.2, -0.15) is 0 Å². The standard InChI is InChI=1S/C17H18ClNO3S/c1-22-11-17(19)15(12-5-3-2-4-6-12)16(17)23(20,21)14-9-7-13(18)8-10-14/h2-10,15-16H,11,19H2,1H3/t15-,16+,17-/m1/s1. The van der Waals surface area contributed by atoms with Crippen molar-refractivity contribution in [2.75, 3.05) is 13.7 Å². The molecule has 6 heteroatoms. The van der Waals surface area contributed by atoms with Gasteiger partial charge in [0, 0.05) is 18.1 Å². The van der Waals surface area contributed by atoms with Crippen LogP contribution in [0, 0.1) is 0 Å². The van der Waals surface area contributed by atoms with Gasteiger partial charge in [-0.1, -0.05) is 41.9 Å². The molecular formula is C17H18ClNO3S. The largest absolute Gasteiger partial charge is 0.383 e. The van der Waals surface area contributed by atoms with E-state index >= 15 is 0 Å². The van der Waals surface area contributed by atoms with Crippen molar-refractivity contribution in [2.45, 2.75) is 21.6 Å². The minimum atomic E-state index is -3.57. The Morgan fingerprint density at radius 1 is 1.13 bits per heavy atom. The molecule has 0 spiro atoms. The van der Waals surface area contributed by atoms with Crippen LogP contribution in [0.4, 0.5) is 0 Å². The lowest BCUT2D eigenvalue weighted by molar-refractivity contribution is 0.171. The molecule has 122 valence electrons. The van der Waals surface area contributed by atoms with Crippen molar-refractivity contribution in [2.24, 2.45) is 5.73 Å². The monoisotopic (exact) mass is 351 g/mol.